The maximum atomic E-state index is 12.7. The van der Waals surface area contributed by atoms with E-state index in [-0.39, 0.29) is 53.8 Å². The van der Waals surface area contributed by atoms with Crippen molar-refractivity contribution in [1.82, 2.24) is 19.9 Å². The van der Waals surface area contributed by atoms with E-state index >= 15 is 0 Å². The van der Waals surface area contributed by atoms with Gasteiger partial charge < -0.3 is 40.2 Å². The quantitative estimate of drug-likeness (QED) is 0.0639. The molecule has 0 amide bonds. The first-order valence-corrected chi connectivity index (χ1v) is 21.1. The van der Waals surface area contributed by atoms with Crippen LogP contribution < -0.4 is 19.6 Å². The van der Waals surface area contributed by atoms with E-state index in [9.17, 15) is 26.3 Å². The van der Waals surface area contributed by atoms with Gasteiger partial charge in [-0.1, -0.05) is 134 Å². The Hall–Kier alpha value is -7.42. The summed E-state index contributed by atoms with van der Waals surface area (Å²) < 4.78 is 75.9. The Morgan fingerprint density at radius 1 is 0.472 bits per heavy atom. The second-order valence-corrected chi connectivity index (χ2v) is 14.6. The third kappa shape index (κ3) is 15.8. The van der Waals surface area contributed by atoms with Gasteiger partial charge in [0.1, 0.15) is 23.3 Å². The van der Waals surface area contributed by atoms with Crippen molar-refractivity contribution in [2.45, 2.75) is 12.4 Å². The molecular formula is C52H40F6N12Pt2-6. The number of anilines is 6. The Kier molecular flexibility index (Phi) is 20.6. The van der Waals surface area contributed by atoms with Gasteiger partial charge in [-0.05, 0) is 36.8 Å². The van der Waals surface area contributed by atoms with Gasteiger partial charge in [0.2, 0.25) is 0 Å². The zero-order valence-electron chi connectivity index (χ0n) is 37.9. The second kappa shape index (κ2) is 26.7. The topological polar surface area (TPSA) is 117 Å². The van der Waals surface area contributed by atoms with Gasteiger partial charge in [-0.25, -0.2) is 19.9 Å². The van der Waals surface area contributed by atoms with E-state index in [0.717, 1.165) is 35.1 Å². The van der Waals surface area contributed by atoms with Gasteiger partial charge in [0.25, 0.3) is 0 Å². The van der Waals surface area contributed by atoms with Crippen LogP contribution in [0.1, 0.15) is 11.4 Å². The van der Waals surface area contributed by atoms with Gasteiger partial charge >= 0.3 is 12.4 Å². The standard InChI is InChI=1S/2C13H9F3N4.2C13H11N2.2Pt/c2*1-19-8-20(9-5-3-2-4-6-9)11-12(19)18-10(7-17-11)13(14,15)16;2*1-3-7-12(8-4-1)14-11-15-13-9-5-2-6-10-13;;/h2*2-5,7-8H,1H3;2*1-11H;;/q2*-2;2*-1;;. The van der Waals surface area contributed by atoms with Crippen LogP contribution in [0.25, 0.3) is 10.6 Å². The van der Waals surface area contributed by atoms with Crippen LogP contribution in [0.5, 0.6) is 0 Å². The third-order valence-corrected chi connectivity index (χ3v) is 9.51. The van der Waals surface area contributed by atoms with Crippen LogP contribution in [0.4, 0.5) is 83.7 Å². The van der Waals surface area contributed by atoms with Gasteiger partial charge in [0.05, 0.1) is 12.4 Å². The number of rotatable bonds is 8. The van der Waals surface area contributed by atoms with Crippen LogP contribution in [-0.2, 0) is 54.5 Å². The normalized spacial score (nSPS) is 12.4. The number of aromatic nitrogens is 4. The summed E-state index contributed by atoms with van der Waals surface area (Å²) in [6.45, 7) is 3.24. The minimum Gasteiger partial charge on any atom is -0.487 e. The number of halogens is 6. The van der Waals surface area contributed by atoms with Gasteiger partial charge in [-0.3, -0.25) is 0 Å². The molecule has 72 heavy (non-hydrogen) atoms. The van der Waals surface area contributed by atoms with Gasteiger partial charge in [0.15, 0.2) is 11.4 Å². The van der Waals surface area contributed by atoms with Crippen molar-refractivity contribution in [3.63, 3.8) is 0 Å². The molecule has 0 saturated carbocycles. The molecule has 0 atom stereocenters. The summed E-state index contributed by atoms with van der Waals surface area (Å²) in [5.41, 5.74) is 3.02. The molecular weight excluding hydrogens is 1300 g/mol. The van der Waals surface area contributed by atoms with Crippen LogP contribution in [0.2, 0.25) is 0 Å². The van der Waals surface area contributed by atoms with Crippen LogP contribution in [0.15, 0.2) is 192 Å². The smallest absolute Gasteiger partial charge is 0.434 e. The molecule has 0 spiro atoms. The molecule has 0 fully saturated rings. The summed E-state index contributed by atoms with van der Waals surface area (Å²) in [4.78, 5) is 29.7. The Morgan fingerprint density at radius 3 is 1.12 bits per heavy atom. The zero-order valence-corrected chi connectivity index (χ0v) is 42.4. The Bertz CT molecular complexity index is 2710. The number of hydrogen-bond acceptors (Lipinski definition) is 10. The Balaban J connectivity index is 0.000000178. The van der Waals surface area contributed by atoms with Crippen molar-refractivity contribution in [1.29, 1.82) is 0 Å². The first kappa shape index (κ1) is 55.5. The van der Waals surface area contributed by atoms with Crippen molar-refractivity contribution < 1.29 is 68.5 Å². The summed E-state index contributed by atoms with van der Waals surface area (Å²) >= 11 is 0. The van der Waals surface area contributed by atoms with E-state index in [2.05, 4.69) is 52.7 Å². The first-order chi connectivity index (χ1) is 33.8. The Morgan fingerprint density at radius 2 is 0.806 bits per heavy atom. The molecule has 0 aliphatic carbocycles. The number of alkyl halides is 6. The van der Waals surface area contributed by atoms with E-state index in [1.165, 1.54) is 9.80 Å². The average molecular weight is 1340 g/mol. The third-order valence-electron chi connectivity index (χ3n) is 9.51. The summed E-state index contributed by atoms with van der Waals surface area (Å²) in [5.74, 6) is 1.03. The molecule has 10 rings (SSSR count). The summed E-state index contributed by atoms with van der Waals surface area (Å²) in [5, 5.41) is 8.42. The predicted molar refractivity (Wildman–Crippen MR) is 262 cm³/mol. The van der Waals surface area contributed by atoms with Crippen LogP contribution in [0, 0.1) is 25.5 Å². The number of aliphatic imine (C=N–C) groups is 2. The molecule has 8 aromatic rings. The fraction of sp³-hybridized carbons (Fsp3) is 0.0769. The van der Waals surface area contributed by atoms with Gasteiger partial charge in [0, 0.05) is 42.1 Å². The van der Waals surface area contributed by atoms with Crippen LogP contribution in [-0.4, -0.2) is 46.7 Å². The predicted octanol–water partition coefficient (Wildman–Crippen LogP) is 14.1. The molecule has 0 bridgehead atoms. The molecule has 0 unspecified atom stereocenters. The molecule has 0 radical (unpaired) electrons. The van der Waals surface area contributed by atoms with Gasteiger partial charge in [-0.15, -0.1) is 24.7 Å². The molecule has 6 aromatic carbocycles. The largest absolute Gasteiger partial charge is 0.487 e. The molecule has 2 aliphatic rings. The minimum absolute atomic E-state index is 0. The summed E-state index contributed by atoms with van der Waals surface area (Å²) in [7, 11) is 3.24. The fourth-order valence-corrected chi connectivity index (χ4v) is 6.20. The Labute approximate surface area is 441 Å². The molecule has 2 aliphatic heterocycles. The number of benzene rings is 6. The maximum Gasteiger partial charge on any atom is 0.434 e. The van der Waals surface area contributed by atoms with Gasteiger partial charge in [-0.2, -0.15) is 87.0 Å². The number of para-hydroxylation sites is 6. The minimum atomic E-state index is -4.50. The summed E-state index contributed by atoms with van der Waals surface area (Å²) in [6, 6.07) is 59.3. The molecule has 4 heterocycles. The monoisotopic (exact) mass is 1340 g/mol. The SMILES string of the molecule is C(=Nc1ccccc1)[N-]c1ccccc1.C(=Nc1ccccc1)[N-]c1ccccc1.CN1[CH-]N(c2[c-]cccc2)c2ncc(C(F)(F)F)nc21.CN1[CH-]N(c2[c-]cccc2)c2ncc(C(F)(F)F)nc21.[Pt].[Pt]. The van der Waals surface area contributed by atoms with E-state index in [4.69, 9.17) is 0 Å². The number of fused-ring (bicyclic) bond motifs is 2. The van der Waals surface area contributed by atoms with Crippen molar-refractivity contribution in [2.24, 2.45) is 9.98 Å². The fourth-order valence-electron chi connectivity index (χ4n) is 6.20. The van der Waals surface area contributed by atoms with Crippen molar-refractivity contribution in [3.8, 4) is 0 Å². The summed E-state index contributed by atoms with van der Waals surface area (Å²) in [6.07, 6.45) is -4.39. The van der Waals surface area contributed by atoms with E-state index < -0.39 is 23.7 Å². The second-order valence-electron chi connectivity index (χ2n) is 14.6. The molecule has 0 N–H and O–H groups in total. The molecule has 2 aromatic heterocycles. The molecule has 0 saturated heterocycles. The van der Waals surface area contributed by atoms with Crippen LogP contribution >= 0.6 is 0 Å². The van der Waals surface area contributed by atoms with E-state index in [0.29, 0.717) is 23.0 Å². The molecule has 20 heteroatoms. The van der Waals surface area contributed by atoms with E-state index in [1.54, 1.807) is 74.2 Å². The number of nitrogens with zero attached hydrogens (tertiary/aromatic N) is 12. The van der Waals surface area contributed by atoms with Crippen molar-refractivity contribution in [3.05, 3.63) is 230 Å². The molecule has 376 valence electrons. The van der Waals surface area contributed by atoms with E-state index in [1.807, 2.05) is 146 Å². The average Bonchev–Trinajstić information content (AvgIpc) is 3.91. The van der Waals surface area contributed by atoms with Crippen LogP contribution in [0.3, 0.4) is 0 Å². The maximum absolute atomic E-state index is 12.7. The van der Waals surface area contributed by atoms with Crippen molar-refractivity contribution >= 4 is 70.1 Å². The molecule has 12 nitrogen and oxygen atoms in total. The van der Waals surface area contributed by atoms with Crippen molar-refractivity contribution in [2.75, 3.05) is 33.7 Å². The number of hydrogen-bond donors (Lipinski definition) is 0. The zero-order chi connectivity index (χ0) is 49.4. The first-order valence-electron chi connectivity index (χ1n) is 21.1.